The zero-order chi connectivity index (χ0) is 16.4. The Kier molecular flexibility index (Phi) is 3.86. The second kappa shape index (κ2) is 6.16. The van der Waals surface area contributed by atoms with Gasteiger partial charge in [-0.05, 0) is 18.6 Å². The summed E-state index contributed by atoms with van der Waals surface area (Å²) in [6, 6.07) is 5.54. The van der Waals surface area contributed by atoms with E-state index >= 15 is 0 Å². The van der Waals surface area contributed by atoms with Gasteiger partial charge in [-0.1, -0.05) is 22.0 Å². The number of hydrogen-bond acceptors (Lipinski definition) is 6. The predicted molar refractivity (Wildman–Crippen MR) is 94.4 cm³/mol. The highest BCUT2D eigenvalue weighted by Crippen LogP contribution is 2.27. The molecule has 0 bridgehead atoms. The zero-order valence-corrected chi connectivity index (χ0v) is 14.2. The van der Waals surface area contributed by atoms with E-state index in [9.17, 15) is 0 Å². The van der Waals surface area contributed by atoms with E-state index in [1.165, 1.54) is 0 Å². The van der Waals surface area contributed by atoms with Crippen molar-refractivity contribution in [2.24, 2.45) is 4.99 Å². The van der Waals surface area contributed by atoms with E-state index in [1.54, 1.807) is 24.8 Å². The normalized spacial score (nSPS) is 19.7. The molecule has 3 aromatic heterocycles. The lowest BCUT2D eigenvalue weighted by Gasteiger charge is -2.23. The monoisotopic (exact) mass is 384 g/mol. The van der Waals surface area contributed by atoms with Crippen LogP contribution in [-0.2, 0) is 0 Å². The van der Waals surface area contributed by atoms with Crippen molar-refractivity contribution >= 4 is 33.4 Å². The Morgan fingerprint density at radius 2 is 2.29 bits per heavy atom. The number of aliphatic imine (C=N–C) groups is 1. The van der Waals surface area contributed by atoms with Crippen molar-refractivity contribution in [3.8, 4) is 17.2 Å². The summed E-state index contributed by atoms with van der Waals surface area (Å²) < 4.78 is 11.2. The second-order valence-corrected chi connectivity index (χ2v) is 7.03. The second-order valence-electron chi connectivity index (χ2n) is 5.45. The summed E-state index contributed by atoms with van der Waals surface area (Å²) in [5.74, 6) is 1.12. The van der Waals surface area contributed by atoms with Gasteiger partial charge < -0.3 is 9.15 Å². The molecule has 0 spiro atoms. The van der Waals surface area contributed by atoms with Crippen molar-refractivity contribution in [2.75, 3.05) is 6.61 Å². The van der Waals surface area contributed by atoms with Gasteiger partial charge in [0.15, 0.2) is 0 Å². The van der Waals surface area contributed by atoms with Crippen LogP contribution in [0, 0.1) is 0 Å². The highest BCUT2D eigenvalue weighted by atomic mass is 79.9. The van der Waals surface area contributed by atoms with Gasteiger partial charge in [-0.15, -0.1) is 0 Å². The molecule has 1 unspecified atom stereocenters. The molecule has 0 N–H and O–H groups in total. The molecule has 0 aliphatic carbocycles. The SMILES string of the molecule is BrC1(COc2cnc3oc(-c4cccnc4)nc3c2)C=NC=CC1. The van der Waals surface area contributed by atoms with Gasteiger partial charge in [0.25, 0.3) is 0 Å². The van der Waals surface area contributed by atoms with Crippen molar-refractivity contribution in [3.05, 3.63) is 49.1 Å². The number of fused-ring (bicyclic) bond motifs is 1. The van der Waals surface area contributed by atoms with Crippen molar-refractivity contribution in [2.45, 2.75) is 10.7 Å². The molecule has 3 aromatic rings. The molecule has 120 valence electrons. The lowest BCUT2D eigenvalue weighted by molar-refractivity contribution is 0.302. The smallest absolute Gasteiger partial charge is 0.247 e. The Morgan fingerprint density at radius 3 is 3.08 bits per heavy atom. The largest absolute Gasteiger partial charge is 0.490 e. The fourth-order valence-corrected chi connectivity index (χ4v) is 2.75. The lowest BCUT2D eigenvalue weighted by Crippen LogP contribution is -2.31. The van der Waals surface area contributed by atoms with Gasteiger partial charge in [0, 0.05) is 30.9 Å². The molecule has 0 aromatic carbocycles. The maximum absolute atomic E-state index is 5.84. The lowest BCUT2D eigenvalue weighted by atomic mass is 10.1. The average molecular weight is 385 g/mol. The van der Waals surface area contributed by atoms with E-state index in [4.69, 9.17) is 9.15 Å². The zero-order valence-electron chi connectivity index (χ0n) is 12.6. The van der Waals surface area contributed by atoms with E-state index in [1.807, 2.05) is 30.5 Å². The molecule has 4 rings (SSSR count). The first-order valence-corrected chi connectivity index (χ1v) is 8.19. The minimum atomic E-state index is -0.290. The number of hydrogen-bond donors (Lipinski definition) is 0. The van der Waals surface area contributed by atoms with Crippen LogP contribution in [0.25, 0.3) is 22.7 Å². The molecule has 4 heterocycles. The van der Waals surface area contributed by atoms with Gasteiger partial charge in [0.05, 0.1) is 16.1 Å². The summed E-state index contributed by atoms with van der Waals surface area (Å²) in [5, 5.41) is 0. The first-order valence-electron chi connectivity index (χ1n) is 7.40. The Balaban J connectivity index is 1.55. The third-order valence-corrected chi connectivity index (χ3v) is 4.32. The van der Waals surface area contributed by atoms with Crippen LogP contribution in [0.4, 0.5) is 0 Å². The van der Waals surface area contributed by atoms with Gasteiger partial charge in [0.2, 0.25) is 11.6 Å². The maximum Gasteiger partial charge on any atom is 0.247 e. The molecule has 24 heavy (non-hydrogen) atoms. The third-order valence-electron chi connectivity index (χ3n) is 3.56. The molecular weight excluding hydrogens is 372 g/mol. The number of rotatable bonds is 4. The quantitative estimate of drug-likeness (QED) is 0.639. The maximum atomic E-state index is 5.84. The van der Waals surface area contributed by atoms with Crippen LogP contribution in [0.1, 0.15) is 6.42 Å². The topological polar surface area (TPSA) is 73.4 Å². The van der Waals surface area contributed by atoms with Crippen LogP contribution in [0.3, 0.4) is 0 Å². The summed E-state index contributed by atoms with van der Waals surface area (Å²) >= 11 is 3.65. The highest BCUT2D eigenvalue weighted by molar-refractivity contribution is 9.10. The van der Waals surface area contributed by atoms with E-state index in [0.717, 1.165) is 12.0 Å². The molecule has 1 aliphatic heterocycles. The van der Waals surface area contributed by atoms with E-state index < -0.39 is 0 Å². The van der Waals surface area contributed by atoms with Gasteiger partial charge in [-0.2, -0.15) is 0 Å². The van der Waals surface area contributed by atoms with Crippen LogP contribution < -0.4 is 4.74 Å². The molecular formula is C17H13BrN4O2. The number of alkyl halides is 1. The predicted octanol–water partition coefficient (Wildman–Crippen LogP) is 3.79. The summed E-state index contributed by atoms with van der Waals surface area (Å²) in [4.78, 5) is 17.0. The van der Waals surface area contributed by atoms with E-state index in [0.29, 0.717) is 29.5 Å². The highest BCUT2D eigenvalue weighted by Gasteiger charge is 2.26. The minimum absolute atomic E-state index is 0.290. The Hall–Kier alpha value is -2.54. The first kappa shape index (κ1) is 15.0. The molecule has 1 aliphatic rings. The number of aromatic nitrogens is 3. The van der Waals surface area contributed by atoms with Crippen LogP contribution in [0.2, 0.25) is 0 Å². The number of ether oxygens (including phenoxy) is 1. The molecule has 0 saturated heterocycles. The van der Waals surface area contributed by atoms with Crippen molar-refractivity contribution in [1.82, 2.24) is 15.0 Å². The van der Waals surface area contributed by atoms with Crippen molar-refractivity contribution < 1.29 is 9.15 Å². The number of pyridine rings is 2. The van der Waals surface area contributed by atoms with Crippen molar-refractivity contribution in [3.63, 3.8) is 0 Å². The van der Waals surface area contributed by atoms with Gasteiger partial charge in [-0.25, -0.2) is 9.97 Å². The summed E-state index contributed by atoms with van der Waals surface area (Å²) in [6.45, 7) is 0.446. The summed E-state index contributed by atoms with van der Waals surface area (Å²) in [7, 11) is 0. The number of allylic oxidation sites excluding steroid dienone is 1. The van der Waals surface area contributed by atoms with Crippen molar-refractivity contribution in [1.29, 1.82) is 0 Å². The van der Waals surface area contributed by atoms with Gasteiger partial charge in [0.1, 0.15) is 17.9 Å². The van der Waals surface area contributed by atoms with E-state index in [2.05, 4.69) is 35.9 Å². The number of oxazole rings is 1. The van der Waals surface area contributed by atoms with Crippen LogP contribution in [-0.4, -0.2) is 32.1 Å². The fraction of sp³-hybridized carbons (Fsp3) is 0.176. The standard InChI is InChI=1S/C17H13BrN4O2/c18-17(4-2-6-20-10-17)11-23-13-7-14-16(21-9-13)24-15(22-14)12-3-1-5-19-8-12/h1-3,5-10H,4,11H2. The minimum Gasteiger partial charge on any atom is -0.490 e. The Labute approximate surface area is 146 Å². The molecule has 7 heteroatoms. The molecule has 0 radical (unpaired) electrons. The Bertz CT molecular complexity index is 923. The van der Waals surface area contributed by atoms with Gasteiger partial charge in [-0.3, -0.25) is 9.98 Å². The Morgan fingerprint density at radius 1 is 1.33 bits per heavy atom. The summed E-state index contributed by atoms with van der Waals surface area (Å²) in [6.07, 6.45) is 11.5. The fourth-order valence-electron chi connectivity index (χ4n) is 2.33. The first-order chi connectivity index (χ1) is 11.7. The van der Waals surface area contributed by atoms with E-state index in [-0.39, 0.29) is 4.32 Å². The van der Waals surface area contributed by atoms with Crippen LogP contribution in [0.15, 0.2) is 58.5 Å². The molecule has 6 nitrogen and oxygen atoms in total. The van der Waals surface area contributed by atoms with Gasteiger partial charge >= 0.3 is 0 Å². The van der Waals surface area contributed by atoms with Crippen LogP contribution in [0.5, 0.6) is 5.75 Å². The average Bonchev–Trinajstić information content (AvgIpc) is 3.05. The number of nitrogens with zero attached hydrogens (tertiary/aromatic N) is 4. The molecule has 1 atom stereocenters. The third kappa shape index (κ3) is 3.07. The number of halogens is 1. The molecule has 0 amide bonds. The van der Waals surface area contributed by atoms with Crippen LogP contribution >= 0.6 is 15.9 Å². The molecule has 0 fully saturated rings. The summed E-state index contributed by atoms with van der Waals surface area (Å²) in [5.41, 5.74) is 1.92. The molecule has 0 saturated carbocycles.